The summed E-state index contributed by atoms with van der Waals surface area (Å²) in [5.74, 6) is -0.179. The van der Waals surface area contributed by atoms with Gasteiger partial charge in [-0.05, 0) is 31.2 Å². The third-order valence-electron chi connectivity index (χ3n) is 4.06. The molecule has 0 saturated heterocycles. The summed E-state index contributed by atoms with van der Waals surface area (Å²) in [5.41, 5.74) is 10.2. The lowest BCUT2D eigenvalue weighted by Crippen LogP contribution is -2.19. The summed E-state index contributed by atoms with van der Waals surface area (Å²) in [6.45, 7) is 3.93. The lowest BCUT2D eigenvalue weighted by molar-refractivity contribution is -0.384. The van der Waals surface area contributed by atoms with Crippen molar-refractivity contribution in [2.75, 3.05) is 0 Å². The van der Waals surface area contributed by atoms with Crippen LogP contribution in [0, 0.1) is 17.0 Å². The van der Waals surface area contributed by atoms with Crippen molar-refractivity contribution < 1.29 is 4.92 Å². The maximum atomic E-state index is 10.9. The highest BCUT2D eigenvalue weighted by Gasteiger charge is 2.22. The van der Waals surface area contributed by atoms with Crippen LogP contribution in [0.25, 0.3) is 16.9 Å². The fourth-order valence-corrected chi connectivity index (χ4v) is 2.88. The second-order valence-electron chi connectivity index (χ2n) is 5.63. The fraction of sp³-hybridized carbons (Fsp3) is 0.176. The van der Waals surface area contributed by atoms with Crippen molar-refractivity contribution in [3.05, 3.63) is 64.0 Å². The number of nitrogens with zero attached hydrogens (tertiary/aromatic N) is 3. The van der Waals surface area contributed by atoms with Crippen molar-refractivity contribution in [3.8, 4) is 11.3 Å². The normalized spacial score (nSPS) is 12.2. The molecule has 0 aliphatic heterocycles. The molecule has 0 saturated carbocycles. The quantitative estimate of drug-likeness (QED) is 0.445. The van der Waals surface area contributed by atoms with E-state index in [0.29, 0.717) is 4.99 Å². The standard InChI is InChI=1S/C17H16N4O2S/c1-10-4-3-5-14-19-15(16(20(10)14)11(2)17(18)24)12-6-8-13(9-7-12)21(22)23/h3-9,11H,1-2H3,(H2,18,24). The summed E-state index contributed by atoms with van der Waals surface area (Å²) in [4.78, 5) is 15.5. The number of fused-ring (bicyclic) bond motifs is 1. The van der Waals surface area contributed by atoms with Gasteiger partial charge in [0.2, 0.25) is 0 Å². The van der Waals surface area contributed by atoms with Gasteiger partial charge in [0.05, 0.1) is 21.3 Å². The number of hydrogen-bond donors (Lipinski definition) is 1. The Kier molecular flexibility index (Phi) is 4.02. The van der Waals surface area contributed by atoms with E-state index in [0.717, 1.165) is 28.3 Å². The maximum absolute atomic E-state index is 10.9. The van der Waals surface area contributed by atoms with Gasteiger partial charge in [-0.3, -0.25) is 14.5 Å². The van der Waals surface area contributed by atoms with Crippen molar-refractivity contribution in [2.45, 2.75) is 19.8 Å². The van der Waals surface area contributed by atoms with Gasteiger partial charge in [-0.2, -0.15) is 0 Å². The molecule has 0 fully saturated rings. The van der Waals surface area contributed by atoms with Crippen LogP contribution in [0.1, 0.15) is 24.2 Å². The number of aryl methyl sites for hydroxylation is 1. The number of non-ortho nitro benzene ring substituents is 1. The molecule has 0 bridgehead atoms. The van der Waals surface area contributed by atoms with Crippen LogP contribution >= 0.6 is 12.2 Å². The first kappa shape index (κ1) is 16.1. The van der Waals surface area contributed by atoms with Crippen LogP contribution in [-0.2, 0) is 0 Å². The zero-order valence-corrected chi connectivity index (χ0v) is 14.1. The van der Waals surface area contributed by atoms with E-state index < -0.39 is 4.92 Å². The van der Waals surface area contributed by atoms with Crippen LogP contribution in [0.2, 0.25) is 0 Å². The summed E-state index contributed by atoms with van der Waals surface area (Å²) in [6.07, 6.45) is 0. The number of rotatable bonds is 4. The average molecular weight is 340 g/mol. The molecule has 2 heterocycles. The molecule has 2 N–H and O–H groups in total. The summed E-state index contributed by atoms with van der Waals surface area (Å²) in [5, 5.41) is 10.9. The zero-order chi connectivity index (χ0) is 17.4. The Labute approximate surface area is 144 Å². The SMILES string of the molecule is Cc1cccc2nc(-c3ccc([N+](=O)[O-])cc3)c(C(C)C(N)=S)n12. The molecular weight excluding hydrogens is 324 g/mol. The molecule has 0 aliphatic carbocycles. The Morgan fingerprint density at radius 2 is 1.96 bits per heavy atom. The van der Waals surface area contributed by atoms with Gasteiger partial charge in [0.25, 0.3) is 5.69 Å². The van der Waals surface area contributed by atoms with Crippen molar-refractivity contribution >= 4 is 28.5 Å². The number of nitro groups is 1. The highest BCUT2D eigenvalue weighted by atomic mass is 32.1. The number of pyridine rings is 1. The molecule has 24 heavy (non-hydrogen) atoms. The molecule has 3 aromatic rings. The monoisotopic (exact) mass is 340 g/mol. The molecular formula is C17H16N4O2S. The topological polar surface area (TPSA) is 86.5 Å². The second kappa shape index (κ2) is 6.01. The molecule has 1 unspecified atom stereocenters. The Hall–Kier alpha value is -2.80. The average Bonchev–Trinajstić information content (AvgIpc) is 2.95. The van der Waals surface area contributed by atoms with Crippen molar-refractivity contribution in [1.29, 1.82) is 0 Å². The number of thiocarbonyl (C=S) groups is 1. The molecule has 0 amide bonds. The molecule has 7 heteroatoms. The number of nitro benzene ring substituents is 1. The minimum absolute atomic E-state index is 0.0441. The molecule has 2 aromatic heterocycles. The van der Waals surface area contributed by atoms with Gasteiger partial charge in [-0.15, -0.1) is 0 Å². The van der Waals surface area contributed by atoms with Crippen LogP contribution < -0.4 is 5.73 Å². The summed E-state index contributed by atoms with van der Waals surface area (Å²) >= 11 is 5.18. The Bertz CT molecular complexity index is 947. The van der Waals surface area contributed by atoms with Crippen molar-refractivity contribution in [1.82, 2.24) is 9.38 Å². The Balaban J connectivity index is 2.27. The highest BCUT2D eigenvalue weighted by molar-refractivity contribution is 7.80. The first-order chi connectivity index (χ1) is 11.4. The van der Waals surface area contributed by atoms with E-state index in [1.165, 1.54) is 12.1 Å². The molecule has 0 aliphatic rings. The minimum atomic E-state index is -0.420. The smallest absolute Gasteiger partial charge is 0.269 e. The van der Waals surface area contributed by atoms with Crippen LogP contribution in [0.3, 0.4) is 0 Å². The fourth-order valence-electron chi connectivity index (χ4n) is 2.77. The second-order valence-corrected chi connectivity index (χ2v) is 6.11. The lowest BCUT2D eigenvalue weighted by atomic mass is 10.0. The van der Waals surface area contributed by atoms with Crippen LogP contribution in [0.15, 0.2) is 42.5 Å². The maximum Gasteiger partial charge on any atom is 0.269 e. The zero-order valence-electron chi connectivity index (χ0n) is 13.3. The van der Waals surface area contributed by atoms with Gasteiger partial charge >= 0.3 is 0 Å². The van der Waals surface area contributed by atoms with E-state index >= 15 is 0 Å². The van der Waals surface area contributed by atoms with Crippen LogP contribution in [0.5, 0.6) is 0 Å². The minimum Gasteiger partial charge on any atom is -0.393 e. The highest BCUT2D eigenvalue weighted by Crippen LogP contribution is 2.32. The van der Waals surface area contributed by atoms with Gasteiger partial charge in [0.15, 0.2) is 0 Å². The summed E-state index contributed by atoms with van der Waals surface area (Å²) < 4.78 is 2.03. The van der Waals surface area contributed by atoms with E-state index in [-0.39, 0.29) is 11.6 Å². The molecule has 3 rings (SSSR count). The van der Waals surface area contributed by atoms with Gasteiger partial charge in [-0.1, -0.05) is 25.2 Å². The van der Waals surface area contributed by atoms with Crippen molar-refractivity contribution in [2.24, 2.45) is 5.73 Å². The van der Waals surface area contributed by atoms with E-state index in [2.05, 4.69) is 0 Å². The van der Waals surface area contributed by atoms with E-state index in [4.69, 9.17) is 22.9 Å². The van der Waals surface area contributed by atoms with Gasteiger partial charge < -0.3 is 5.73 Å². The number of nitrogens with two attached hydrogens (primary N) is 1. The molecule has 6 nitrogen and oxygen atoms in total. The van der Waals surface area contributed by atoms with Gasteiger partial charge in [0.1, 0.15) is 5.65 Å². The number of imidazole rings is 1. The molecule has 1 aromatic carbocycles. The number of benzene rings is 1. The third kappa shape index (κ3) is 2.63. The summed E-state index contributed by atoms with van der Waals surface area (Å²) in [7, 11) is 0. The van der Waals surface area contributed by atoms with E-state index in [9.17, 15) is 10.1 Å². The molecule has 122 valence electrons. The predicted octanol–water partition coefficient (Wildman–Crippen LogP) is 3.61. The molecule has 0 radical (unpaired) electrons. The largest absolute Gasteiger partial charge is 0.393 e. The molecule has 1 atom stereocenters. The van der Waals surface area contributed by atoms with E-state index in [1.54, 1.807) is 12.1 Å². The van der Waals surface area contributed by atoms with Crippen LogP contribution in [0.4, 0.5) is 5.69 Å². The third-order valence-corrected chi connectivity index (χ3v) is 4.42. The Morgan fingerprint density at radius 1 is 1.29 bits per heavy atom. The van der Waals surface area contributed by atoms with Crippen molar-refractivity contribution in [3.63, 3.8) is 0 Å². The Morgan fingerprint density at radius 3 is 2.54 bits per heavy atom. The van der Waals surface area contributed by atoms with Gasteiger partial charge in [-0.25, -0.2) is 4.98 Å². The first-order valence-corrected chi connectivity index (χ1v) is 7.83. The van der Waals surface area contributed by atoms with E-state index in [1.807, 2.05) is 36.4 Å². The summed E-state index contributed by atoms with van der Waals surface area (Å²) in [6, 6.07) is 12.2. The predicted molar refractivity (Wildman–Crippen MR) is 97.2 cm³/mol. The first-order valence-electron chi connectivity index (χ1n) is 7.42. The van der Waals surface area contributed by atoms with Gasteiger partial charge in [0, 0.05) is 29.3 Å². The number of aromatic nitrogens is 2. The molecule has 0 spiro atoms. The van der Waals surface area contributed by atoms with Crippen LogP contribution in [-0.4, -0.2) is 19.3 Å². The number of hydrogen-bond acceptors (Lipinski definition) is 4. The lowest BCUT2D eigenvalue weighted by Gasteiger charge is -2.13.